The Morgan fingerprint density at radius 1 is 0.900 bits per heavy atom. The lowest BCUT2D eigenvalue weighted by Crippen LogP contribution is -2.31. The van der Waals surface area contributed by atoms with Crippen LogP contribution in [0.15, 0.2) is 30.3 Å². The first-order valence-electron chi connectivity index (χ1n) is 10.1. The molecule has 30 heavy (non-hydrogen) atoms. The van der Waals surface area contributed by atoms with E-state index in [-0.39, 0.29) is 30.5 Å². The number of carbonyl (C=O) groups excluding carboxylic acids is 1. The number of ether oxygens (including phenoxy) is 6. The summed E-state index contributed by atoms with van der Waals surface area (Å²) in [6.45, 7) is 5.46. The molecule has 0 spiro atoms. The fourth-order valence-corrected chi connectivity index (χ4v) is 2.85. The van der Waals surface area contributed by atoms with Crippen LogP contribution in [-0.4, -0.2) is 84.6 Å². The minimum Gasteiger partial charge on any atom is -0.468 e. The first-order chi connectivity index (χ1) is 14.3. The Bertz CT molecular complexity index is 549. The topological polar surface area (TPSA) is 84.5 Å². The highest BCUT2D eigenvalue weighted by molar-refractivity contribution is 5.85. The maximum absolute atomic E-state index is 11.4. The van der Waals surface area contributed by atoms with Gasteiger partial charge >= 0.3 is 5.97 Å². The van der Waals surface area contributed by atoms with Gasteiger partial charge in [0, 0.05) is 13.0 Å². The third-order valence-corrected chi connectivity index (χ3v) is 4.39. The van der Waals surface area contributed by atoms with E-state index < -0.39 is 0 Å². The van der Waals surface area contributed by atoms with Crippen LogP contribution in [0.3, 0.4) is 0 Å². The van der Waals surface area contributed by atoms with Crippen LogP contribution >= 0.6 is 12.4 Å². The van der Waals surface area contributed by atoms with Gasteiger partial charge in [-0.15, -0.1) is 12.4 Å². The Morgan fingerprint density at radius 2 is 1.47 bits per heavy atom. The first-order valence-corrected chi connectivity index (χ1v) is 10.1. The minimum atomic E-state index is -0.267. The molecule has 8 nitrogen and oxygen atoms in total. The number of esters is 1. The van der Waals surface area contributed by atoms with Crippen LogP contribution in [0.1, 0.15) is 12.0 Å². The number of methoxy groups -OCH3 is 1. The molecule has 1 aromatic rings. The van der Waals surface area contributed by atoms with Gasteiger partial charge in [0.25, 0.3) is 0 Å². The van der Waals surface area contributed by atoms with Gasteiger partial charge in [-0.2, -0.15) is 0 Å². The van der Waals surface area contributed by atoms with Gasteiger partial charge < -0.3 is 33.7 Å². The zero-order valence-corrected chi connectivity index (χ0v) is 18.4. The molecule has 2 rings (SSSR count). The summed E-state index contributed by atoms with van der Waals surface area (Å²) < 4.78 is 32.3. The quantitative estimate of drug-likeness (QED) is 0.302. The van der Waals surface area contributed by atoms with Crippen molar-refractivity contribution in [3.63, 3.8) is 0 Å². The summed E-state index contributed by atoms with van der Waals surface area (Å²) in [6, 6.07) is 9.79. The van der Waals surface area contributed by atoms with Crippen molar-refractivity contribution >= 4 is 18.4 Å². The van der Waals surface area contributed by atoms with Crippen LogP contribution < -0.4 is 5.32 Å². The van der Waals surface area contributed by atoms with E-state index in [0.717, 1.165) is 5.56 Å². The molecule has 1 aliphatic rings. The summed E-state index contributed by atoms with van der Waals surface area (Å²) >= 11 is 0. The van der Waals surface area contributed by atoms with E-state index >= 15 is 0 Å². The number of benzene rings is 1. The molecule has 0 aliphatic carbocycles. The lowest BCUT2D eigenvalue weighted by Gasteiger charge is -2.11. The Hall–Kier alpha value is -1.26. The largest absolute Gasteiger partial charge is 0.468 e. The van der Waals surface area contributed by atoms with E-state index in [2.05, 4.69) is 5.32 Å². The highest BCUT2D eigenvalue weighted by Crippen LogP contribution is 2.11. The monoisotopic (exact) mass is 447 g/mol. The normalized spacial score (nSPS) is 18.2. The fourth-order valence-electron chi connectivity index (χ4n) is 2.85. The smallest absolute Gasteiger partial charge is 0.322 e. The number of hydrogen-bond donors (Lipinski definition) is 1. The van der Waals surface area contributed by atoms with Crippen LogP contribution in [0.2, 0.25) is 0 Å². The van der Waals surface area contributed by atoms with Gasteiger partial charge in [0.05, 0.1) is 72.7 Å². The van der Waals surface area contributed by atoms with Crippen molar-refractivity contribution in [2.75, 3.05) is 66.5 Å². The predicted octanol–water partition coefficient (Wildman–Crippen LogP) is 1.59. The molecule has 1 fully saturated rings. The van der Waals surface area contributed by atoms with E-state index in [0.29, 0.717) is 72.4 Å². The van der Waals surface area contributed by atoms with Crippen molar-refractivity contribution in [3.8, 4) is 0 Å². The van der Waals surface area contributed by atoms with Crippen molar-refractivity contribution in [1.29, 1.82) is 0 Å². The number of hydrogen-bond acceptors (Lipinski definition) is 8. The Balaban J connectivity index is 0.00000450. The lowest BCUT2D eigenvalue weighted by molar-refractivity contribution is -0.142. The van der Waals surface area contributed by atoms with Gasteiger partial charge in [-0.05, 0) is 5.56 Å². The average molecular weight is 448 g/mol. The van der Waals surface area contributed by atoms with Crippen LogP contribution in [0, 0.1) is 0 Å². The van der Waals surface area contributed by atoms with Crippen molar-refractivity contribution in [1.82, 2.24) is 5.32 Å². The van der Waals surface area contributed by atoms with Crippen molar-refractivity contribution in [3.05, 3.63) is 35.9 Å². The summed E-state index contributed by atoms with van der Waals surface area (Å²) in [4.78, 5) is 11.4. The highest BCUT2D eigenvalue weighted by atomic mass is 35.5. The summed E-state index contributed by atoms with van der Waals surface area (Å²) in [5.74, 6) is -0.242. The second-order valence-corrected chi connectivity index (χ2v) is 6.59. The fraction of sp³-hybridized carbons (Fsp3) is 0.667. The molecule has 1 heterocycles. The molecule has 2 atom stereocenters. The molecule has 1 saturated heterocycles. The molecule has 0 amide bonds. The van der Waals surface area contributed by atoms with Crippen LogP contribution in [-0.2, 0) is 39.8 Å². The molecule has 1 aliphatic heterocycles. The second-order valence-electron chi connectivity index (χ2n) is 6.59. The number of rotatable bonds is 16. The van der Waals surface area contributed by atoms with Gasteiger partial charge in [-0.25, -0.2) is 0 Å². The standard InChI is InChI=1S/C21H33NO7.ClH/c1-24-21(23)20-15-19(16-22-20)29-14-13-27-10-9-25-7-8-26-11-12-28-17-18-5-3-2-4-6-18;/h2-6,19-20,22H,7-17H2,1H3;1H/t19-,20-;/m0./s1. The maximum Gasteiger partial charge on any atom is 0.322 e. The zero-order chi connectivity index (χ0) is 20.6. The lowest BCUT2D eigenvalue weighted by atomic mass is 10.2. The predicted molar refractivity (Wildman–Crippen MR) is 114 cm³/mol. The van der Waals surface area contributed by atoms with E-state index in [1.807, 2.05) is 30.3 Å². The summed E-state index contributed by atoms with van der Waals surface area (Å²) in [6.07, 6.45) is 0.653. The molecular formula is C21H34ClNO7. The molecule has 9 heteroatoms. The number of halogens is 1. The van der Waals surface area contributed by atoms with Gasteiger partial charge in [0.15, 0.2) is 0 Å². The summed E-state index contributed by atoms with van der Waals surface area (Å²) in [7, 11) is 1.39. The van der Waals surface area contributed by atoms with Crippen LogP contribution in [0.5, 0.6) is 0 Å². The van der Waals surface area contributed by atoms with Crippen molar-refractivity contribution < 1.29 is 33.2 Å². The van der Waals surface area contributed by atoms with E-state index in [9.17, 15) is 4.79 Å². The molecule has 1 N–H and O–H groups in total. The Labute approximate surface area is 184 Å². The molecule has 0 aromatic heterocycles. The third kappa shape index (κ3) is 11.8. The Kier molecular flexibility index (Phi) is 15.6. The maximum atomic E-state index is 11.4. The molecule has 172 valence electrons. The van der Waals surface area contributed by atoms with Gasteiger partial charge in [-0.3, -0.25) is 4.79 Å². The zero-order valence-electron chi connectivity index (χ0n) is 17.6. The summed E-state index contributed by atoms with van der Waals surface area (Å²) in [5.41, 5.74) is 1.16. The van der Waals surface area contributed by atoms with Gasteiger partial charge in [0.2, 0.25) is 0 Å². The number of carbonyl (C=O) groups is 1. The van der Waals surface area contributed by atoms with Gasteiger partial charge in [-0.1, -0.05) is 30.3 Å². The summed E-state index contributed by atoms with van der Waals surface area (Å²) in [5, 5.41) is 3.08. The molecule has 0 unspecified atom stereocenters. The third-order valence-electron chi connectivity index (χ3n) is 4.39. The van der Waals surface area contributed by atoms with E-state index in [1.165, 1.54) is 7.11 Å². The second kappa shape index (κ2) is 17.4. The van der Waals surface area contributed by atoms with Crippen molar-refractivity contribution in [2.45, 2.75) is 25.2 Å². The first kappa shape index (κ1) is 26.8. The average Bonchev–Trinajstić information content (AvgIpc) is 3.23. The highest BCUT2D eigenvalue weighted by Gasteiger charge is 2.30. The van der Waals surface area contributed by atoms with E-state index in [4.69, 9.17) is 28.4 Å². The number of nitrogens with one attached hydrogen (secondary N) is 1. The molecule has 1 aromatic carbocycles. The SMILES string of the molecule is COC(=O)[C@@H]1C[C@H](OCCOCCOCCOCCOCc2ccccc2)CN1.Cl. The van der Waals surface area contributed by atoms with Gasteiger partial charge in [0.1, 0.15) is 6.04 Å². The minimum absolute atomic E-state index is 0. The van der Waals surface area contributed by atoms with Crippen molar-refractivity contribution in [2.24, 2.45) is 0 Å². The molecule has 0 radical (unpaired) electrons. The van der Waals surface area contributed by atoms with E-state index in [1.54, 1.807) is 0 Å². The van der Waals surface area contributed by atoms with Crippen LogP contribution in [0.25, 0.3) is 0 Å². The molecule has 0 saturated carbocycles. The molecule has 0 bridgehead atoms. The van der Waals surface area contributed by atoms with Crippen LogP contribution in [0.4, 0.5) is 0 Å². The Morgan fingerprint density at radius 3 is 2.07 bits per heavy atom. The molecular weight excluding hydrogens is 414 g/mol.